The molecule has 1 heterocycles. The van der Waals surface area contributed by atoms with Crippen molar-refractivity contribution in [3.63, 3.8) is 0 Å². The van der Waals surface area contributed by atoms with Gasteiger partial charge in [-0.05, 0) is 18.6 Å². The molecule has 0 radical (unpaired) electrons. The molecule has 2 aromatic rings. The summed E-state index contributed by atoms with van der Waals surface area (Å²) in [7, 11) is 1.43. The maximum absolute atomic E-state index is 13.8. The fraction of sp³-hybridized carbons (Fsp3) is 0.182. The molecule has 0 fully saturated rings. The molecule has 0 aliphatic rings. The Hall–Kier alpha value is -2.04. The van der Waals surface area contributed by atoms with E-state index in [0.29, 0.717) is 22.6 Å². The van der Waals surface area contributed by atoms with Gasteiger partial charge in [-0.3, -0.25) is 5.10 Å². The molecule has 0 bridgehead atoms. The summed E-state index contributed by atoms with van der Waals surface area (Å²) in [5.41, 5.74) is 7.27. The Bertz CT molecular complexity index is 522. The molecule has 0 amide bonds. The van der Waals surface area contributed by atoms with Crippen molar-refractivity contribution in [1.82, 2.24) is 10.2 Å². The van der Waals surface area contributed by atoms with E-state index >= 15 is 0 Å². The summed E-state index contributed by atoms with van der Waals surface area (Å²) >= 11 is 0. The Labute approximate surface area is 92.2 Å². The molecule has 1 aromatic carbocycles. The second-order valence-corrected chi connectivity index (χ2v) is 3.48. The number of hydrogen-bond donors (Lipinski definition) is 2. The average Bonchev–Trinajstić information content (AvgIpc) is 2.68. The van der Waals surface area contributed by atoms with Crippen LogP contribution in [0.3, 0.4) is 0 Å². The van der Waals surface area contributed by atoms with E-state index in [1.54, 1.807) is 25.1 Å². The van der Waals surface area contributed by atoms with Crippen LogP contribution >= 0.6 is 0 Å². The summed E-state index contributed by atoms with van der Waals surface area (Å²) < 4.78 is 18.8. The van der Waals surface area contributed by atoms with Crippen molar-refractivity contribution in [3.8, 4) is 17.0 Å². The highest BCUT2D eigenvalue weighted by molar-refractivity contribution is 5.69. The third-order valence-corrected chi connectivity index (χ3v) is 2.38. The second kappa shape index (κ2) is 3.84. The van der Waals surface area contributed by atoms with Gasteiger partial charge in [0.1, 0.15) is 5.82 Å². The van der Waals surface area contributed by atoms with Gasteiger partial charge in [0.15, 0.2) is 11.6 Å². The van der Waals surface area contributed by atoms with Crippen molar-refractivity contribution >= 4 is 5.82 Å². The first-order valence-corrected chi connectivity index (χ1v) is 4.78. The van der Waals surface area contributed by atoms with Gasteiger partial charge < -0.3 is 10.5 Å². The highest BCUT2D eigenvalue weighted by Gasteiger charge is 2.14. The molecule has 0 aliphatic heterocycles. The molecule has 0 unspecified atom stereocenters. The molecule has 3 N–H and O–H groups in total. The zero-order valence-corrected chi connectivity index (χ0v) is 9.04. The van der Waals surface area contributed by atoms with E-state index in [1.807, 2.05) is 0 Å². The van der Waals surface area contributed by atoms with Gasteiger partial charge in [-0.15, -0.1) is 0 Å². The maximum atomic E-state index is 13.8. The maximum Gasteiger partial charge on any atom is 0.168 e. The minimum Gasteiger partial charge on any atom is -0.493 e. The number of nitrogen functional groups attached to an aromatic ring is 1. The number of nitrogens with zero attached hydrogens (tertiary/aromatic N) is 1. The van der Waals surface area contributed by atoms with Gasteiger partial charge in [0, 0.05) is 11.6 Å². The standard InChI is InChI=1S/C11H12FN3O/c1-6-3-4-7(11(16-2)10(6)12)8-5-9(13)15-14-8/h3-5H,1-2H3,(H3,13,14,15). The molecule has 5 heteroatoms. The Morgan fingerprint density at radius 1 is 1.44 bits per heavy atom. The van der Waals surface area contributed by atoms with Crippen LogP contribution < -0.4 is 10.5 Å². The van der Waals surface area contributed by atoms with Crippen LogP contribution in [0.15, 0.2) is 18.2 Å². The van der Waals surface area contributed by atoms with E-state index in [0.717, 1.165) is 0 Å². The Balaban J connectivity index is 2.61. The zero-order valence-electron chi connectivity index (χ0n) is 9.04. The van der Waals surface area contributed by atoms with Crippen molar-refractivity contribution in [1.29, 1.82) is 0 Å². The molecule has 84 valence electrons. The number of H-pyrrole nitrogens is 1. The fourth-order valence-corrected chi connectivity index (χ4v) is 1.54. The van der Waals surface area contributed by atoms with Gasteiger partial charge in [0.2, 0.25) is 0 Å². The number of hydrogen-bond acceptors (Lipinski definition) is 3. The van der Waals surface area contributed by atoms with Crippen molar-refractivity contribution in [2.75, 3.05) is 12.8 Å². The van der Waals surface area contributed by atoms with E-state index in [1.165, 1.54) is 7.11 Å². The van der Waals surface area contributed by atoms with E-state index in [-0.39, 0.29) is 11.6 Å². The van der Waals surface area contributed by atoms with Crippen LogP contribution in [0.1, 0.15) is 5.56 Å². The van der Waals surface area contributed by atoms with Crippen LogP contribution in [-0.4, -0.2) is 17.3 Å². The average molecular weight is 221 g/mol. The van der Waals surface area contributed by atoms with Gasteiger partial charge in [-0.1, -0.05) is 6.07 Å². The molecular formula is C11H12FN3O. The first kappa shape index (κ1) is 10.5. The number of anilines is 1. The predicted octanol–water partition coefficient (Wildman–Crippen LogP) is 2.12. The summed E-state index contributed by atoms with van der Waals surface area (Å²) in [5.74, 6) is 0.190. The number of nitrogens with one attached hydrogen (secondary N) is 1. The molecule has 4 nitrogen and oxygen atoms in total. The molecular weight excluding hydrogens is 209 g/mol. The predicted molar refractivity (Wildman–Crippen MR) is 59.7 cm³/mol. The summed E-state index contributed by atoms with van der Waals surface area (Å²) in [6.07, 6.45) is 0. The van der Waals surface area contributed by atoms with Gasteiger partial charge in [-0.2, -0.15) is 5.10 Å². The lowest BCUT2D eigenvalue weighted by atomic mass is 10.1. The fourth-order valence-electron chi connectivity index (χ4n) is 1.54. The monoisotopic (exact) mass is 221 g/mol. The summed E-state index contributed by atoms with van der Waals surface area (Å²) in [5, 5.41) is 6.52. The number of aromatic nitrogens is 2. The molecule has 2 rings (SSSR count). The van der Waals surface area contributed by atoms with Crippen LogP contribution in [0.4, 0.5) is 10.2 Å². The zero-order chi connectivity index (χ0) is 11.7. The first-order chi connectivity index (χ1) is 7.63. The molecule has 0 saturated heterocycles. The topological polar surface area (TPSA) is 63.9 Å². The number of aryl methyl sites for hydroxylation is 1. The number of ether oxygens (including phenoxy) is 1. The molecule has 0 aliphatic carbocycles. The summed E-state index contributed by atoms with van der Waals surface area (Å²) in [6, 6.07) is 5.08. The second-order valence-electron chi connectivity index (χ2n) is 3.48. The molecule has 0 spiro atoms. The minimum absolute atomic E-state index is 0.198. The molecule has 0 saturated carbocycles. The normalized spacial score (nSPS) is 10.4. The van der Waals surface area contributed by atoms with Crippen LogP contribution in [0.25, 0.3) is 11.3 Å². The van der Waals surface area contributed by atoms with E-state index in [2.05, 4.69) is 10.2 Å². The van der Waals surface area contributed by atoms with E-state index in [4.69, 9.17) is 10.5 Å². The van der Waals surface area contributed by atoms with Gasteiger partial charge in [-0.25, -0.2) is 4.39 Å². The smallest absolute Gasteiger partial charge is 0.168 e. The SMILES string of the molecule is COc1c(-c2cc(N)n[nH]2)ccc(C)c1F. The summed E-state index contributed by atoms with van der Waals surface area (Å²) in [4.78, 5) is 0. The lowest BCUT2D eigenvalue weighted by molar-refractivity contribution is 0.386. The number of benzene rings is 1. The number of nitrogens with two attached hydrogens (primary N) is 1. The number of aromatic amines is 1. The van der Waals surface area contributed by atoms with Crippen LogP contribution in [0.2, 0.25) is 0 Å². The Kier molecular flexibility index (Phi) is 2.52. The lowest BCUT2D eigenvalue weighted by Gasteiger charge is -2.09. The number of methoxy groups -OCH3 is 1. The molecule has 1 aromatic heterocycles. The largest absolute Gasteiger partial charge is 0.493 e. The Morgan fingerprint density at radius 3 is 2.75 bits per heavy atom. The third-order valence-electron chi connectivity index (χ3n) is 2.38. The van der Waals surface area contributed by atoms with Gasteiger partial charge in [0.05, 0.1) is 12.8 Å². The quantitative estimate of drug-likeness (QED) is 0.816. The molecule has 0 atom stereocenters. The lowest BCUT2D eigenvalue weighted by Crippen LogP contribution is -1.94. The minimum atomic E-state index is -0.367. The van der Waals surface area contributed by atoms with Gasteiger partial charge >= 0.3 is 0 Å². The van der Waals surface area contributed by atoms with Crippen molar-refractivity contribution < 1.29 is 9.13 Å². The first-order valence-electron chi connectivity index (χ1n) is 4.78. The van der Waals surface area contributed by atoms with Gasteiger partial charge in [0.25, 0.3) is 0 Å². The van der Waals surface area contributed by atoms with Crippen LogP contribution in [0, 0.1) is 12.7 Å². The Morgan fingerprint density at radius 2 is 2.19 bits per heavy atom. The van der Waals surface area contributed by atoms with E-state index in [9.17, 15) is 4.39 Å². The highest BCUT2D eigenvalue weighted by atomic mass is 19.1. The van der Waals surface area contributed by atoms with Crippen LogP contribution in [0.5, 0.6) is 5.75 Å². The number of rotatable bonds is 2. The molecule has 16 heavy (non-hydrogen) atoms. The number of halogens is 1. The third kappa shape index (κ3) is 1.60. The van der Waals surface area contributed by atoms with E-state index < -0.39 is 0 Å². The highest BCUT2D eigenvalue weighted by Crippen LogP contribution is 2.33. The van der Waals surface area contributed by atoms with Crippen molar-refractivity contribution in [3.05, 3.63) is 29.6 Å². The van der Waals surface area contributed by atoms with Crippen molar-refractivity contribution in [2.45, 2.75) is 6.92 Å². The van der Waals surface area contributed by atoms with Crippen LogP contribution in [-0.2, 0) is 0 Å². The summed E-state index contributed by atoms with van der Waals surface area (Å²) in [6.45, 7) is 1.68. The van der Waals surface area contributed by atoms with Crippen molar-refractivity contribution in [2.24, 2.45) is 0 Å².